The fourth-order valence-electron chi connectivity index (χ4n) is 2.71. The molecule has 0 aromatic heterocycles. The summed E-state index contributed by atoms with van der Waals surface area (Å²) in [6.07, 6.45) is 1.76. The van der Waals surface area contributed by atoms with Crippen molar-refractivity contribution < 1.29 is 14.3 Å². The Balaban J connectivity index is 1.56. The van der Waals surface area contributed by atoms with E-state index in [1.165, 1.54) is 0 Å². The summed E-state index contributed by atoms with van der Waals surface area (Å²) in [7, 11) is 0. The number of carbonyl (C=O) groups is 1. The highest BCUT2D eigenvalue weighted by Gasteiger charge is 2.23. The topological polar surface area (TPSA) is 71.3 Å². The quantitative estimate of drug-likeness (QED) is 0.877. The van der Waals surface area contributed by atoms with Crippen molar-refractivity contribution in [2.24, 2.45) is 0 Å². The van der Waals surface area contributed by atoms with Gasteiger partial charge in [0.15, 0.2) is 0 Å². The Morgan fingerprint density at radius 1 is 1.24 bits per heavy atom. The Morgan fingerprint density at radius 2 is 2.08 bits per heavy atom. The van der Waals surface area contributed by atoms with Crippen LogP contribution >= 0.6 is 0 Å². The third-order valence-corrected chi connectivity index (χ3v) is 4.03. The highest BCUT2D eigenvalue weighted by Crippen LogP contribution is 2.18. The number of nitrogens with one attached hydrogen (secondary N) is 1. The number of benzene rings is 2. The van der Waals surface area contributed by atoms with E-state index in [4.69, 9.17) is 14.7 Å². The zero-order valence-electron chi connectivity index (χ0n) is 13.9. The van der Waals surface area contributed by atoms with Gasteiger partial charge < -0.3 is 14.8 Å². The lowest BCUT2D eigenvalue weighted by Crippen LogP contribution is -2.26. The van der Waals surface area contributed by atoms with Gasteiger partial charge in [-0.05, 0) is 48.2 Å². The molecule has 0 radical (unpaired) electrons. The minimum atomic E-state index is -0.341. The highest BCUT2D eigenvalue weighted by molar-refractivity contribution is 5.94. The first-order chi connectivity index (χ1) is 12.2. The lowest BCUT2D eigenvalue weighted by atomic mass is 10.1. The molecular formula is C20H20N2O3. The summed E-state index contributed by atoms with van der Waals surface area (Å²) in [6, 6.07) is 17.2. The summed E-state index contributed by atoms with van der Waals surface area (Å²) >= 11 is 0. The molecule has 0 bridgehead atoms. The Kier molecular flexibility index (Phi) is 5.65. The van der Waals surface area contributed by atoms with Crippen molar-refractivity contribution in [3.05, 3.63) is 59.7 Å². The van der Waals surface area contributed by atoms with E-state index in [1.807, 2.05) is 48.5 Å². The second-order valence-electron chi connectivity index (χ2n) is 5.96. The van der Waals surface area contributed by atoms with E-state index in [1.54, 1.807) is 0 Å². The van der Waals surface area contributed by atoms with Crippen molar-refractivity contribution >= 4 is 11.6 Å². The fraction of sp³-hybridized carbons (Fsp3) is 0.300. The standard InChI is InChI=1S/C20H20N2O3/c21-11-10-15-6-8-18(9-7-15)25-14-16-3-1-4-17(13-16)22-20(23)19-5-2-12-24-19/h1,3-4,6-9,13,19H,2,5,10,12,14H2,(H,22,23). The average molecular weight is 336 g/mol. The number of anilines is 1. The van der Waals surface area contributed by atoms with Crippen LogP contribution in [0.1, 0.15) is 24.0 Å². The van der Waals surface area contributed by atoms with Gasteiger partial charge >= 0.3 is 0 Å². The van der Waals surface area contributed by atoms with Gasteiger partial charge in [-0.3, -0.25) is 4.79 Å². The van der Waals surface area contributed by atoms with Crippen LogP contribution < -0.4 is 10.1 Å². The van der Waals surface area contributed by atoms with Gasteiger partial charge in [0.25, 0.3) is 5.91 Å². The van der Waals surface area contributed by atoms with Crippen LogP contribution in [0.4, 0.5) is 5.69 Å². The SMILES string of the molecule is N#CCc1ccc(OCc2cccc(NC(=O)C3CCCO3)c2)cc1. The molecule has 1 heterocycles. The van der Waals surface area contributed by atoms with Crippen LogP contribution in [-0.4, -0.2) is 18.6 Å². The largest absolute Gasteiger partial charge is 0.489 e. The zero-order chi connectivity index (χ0) is 17.5. The smallest absolute Gasteiger partial charge is 0.253 e. The van der Waals surface area contributed by atoms with Crippen LogP contribution in [0.15, 0.2) is 48.5 Å². The molecule has 1 aliphatic heterocycles. The maximum Gasteiger partial charge on any atom is 0.253 e. The van der Waals surface area contributed by atoms with Crippen LogP contribution in [0.2, 0.25) is 0 Å². The molecule has 1 aliphatic rings. The molecule has 5 heteroatoms. The van der Waals surface area contributed by atoms with Crippen LogP contribution in [0.3, 0.4) is 0 Å². The Bertz CT molecular complexity index is 759. The van der Waals surface area contributed by atoms with Crippen molar-refractivity contribution in [1.29, 1.82) is 5.26 Å². The van der Waals surface area contributed by atoms with Crippen molar-refractivity contribution in [2.75, 3.05) is 11.9 Å². The Hall–Kier alpha value is -2.84. The second kappa shape index (κ2) is 8.32. The second-order valence-corrected chi connectivity index (χ2v) is 5.96. The molecule has 3 rings (SSSR count). The molecule has 1 amide bonds. The zero-order valence-corrected chi connectivity index (χ0v) is 13.9. The molecule has 0 aliphatic carbocycles. The first-order valence-electron chi connectivity index (χ1n) is 8.35. The molecule has 25 heavy (non-hydrogen) atoms. The third-order valence-electron chi connectivity index (χ3n) is 4.03. The number of ether oxygens (including phenoxy) is 2. The molecule has 2 aromatic rings. The Labute approximate surface area is 147 Å². The van der Waals surface area contributed by atoms with E-state index in [0.717, 1.165) is 35.4 Å². The van der Waals surface area contributed by atoms with Crippen LogP contribution in [-0.2, 0) is 22.6 Å². The monoisotopic (exact) mass is 336 g/mol. The molecule has 5 nitrogen and oxygen atoms in total. The molecule has 2 aromatic carbocycles. The lowest BCUT2D eigenvalue weighted by molar-refractivity contribution is -0.124. The van der Waals surface area contributed by atoms with Gasteiger partial charge in [-0.1, -0.05) is 24.3 Å². The molecule has 1 fully saturated rings. The van der Waals surface area contributed by atoms with Gasteiger partial charge in [0.2, 0.25) is 0 Å². The first-order valence-corrected chi connectivity index (χ1v) is 8.35. The van der Waals surface area contributed by atoms with Gasteiger partial charge in [-0.15, -0.1) is 0 Å². The van der Waals surface area contributed by atoms with E-state index >= 15 is 0 Å². The summed E-state index contributed by atoms with van der Waals surface area (Å²) in [4.78, 5) is 12.1. The third kappa shape index (κ3) is 4.82. The highest BCUT2D eigenvalue weighted by atomic mass is 16.5. The summed E-state index contributed by atoms with van der Waals surface area (Å²) in [5, 5.41) is 11.6. The molecule has 1 atom stereocenters. The Morgan fingerprint density at radius 3 is 2.80 bits per heavy atom. The van der Waals surface area contributed by atoms with Crippen LogP contribution in [0, 0.1) is 11.3 Å². The fourth-order valence-corrected chi connectivity index (χ4v) is 2.71. The number of hydrogen-bond donors (Lipinski definition) is 1. The summed E-state index contributed by atoms with van der Waals surface area (Å²) < 4.78 is 11.2. The number of nitrogens with zero attached hydrogens (tertiary/aromatic N) is 1. The molecule has 1 saturated heterocycles. The van der Waals surface area contributed by atoms with Gasteiger partial charge in [-0.25, -0.2) is 0 Å². The molecule has 128 valence electrons. The summed E-state index contributed by atoms with van der Waals surface area (Å²) in [5.41, 5.74) is 2.67. The molecule has 1 N–H and O–H groups in total. The van der Waals surface area contributed by atoms with E-state index in [9.17, 15) is 4.79 Å². The maximum absolute atomic E-state index is 12.1. The van der Waals surface area contributed by atoms with E-state index in [-0.39, 0.29) is 12.0 Å². The maximum atomic E-state index is 12.1. The number of rotatable bonds is 6. The minimum Gasteiger partial charge on any atom is -0.489 e. The average Bonchev–Trinajstić information content (AvgIpc) is 3.17. The molecule has 0 spiro atoms. The van der Waals surface area contributed by atoms with Gasteiger partial charge in [-0.2, -0.15) is 5.26 Å². The first kappa shape index (κ1) is 17.0. The summed E-state index contributed by atoms with van der Waals surface area (Å²) in [6.45, 7) is 1.06. The minimum absolute atomic E-state index is 0.0938. The van der Waals surface area contributed by atoms with Crippen LogP contribution in [0.5, 0.6) is 5.75 Å². The van der Waals surface area contributed by atoms with Crippen LogP contribution in [0.25, 0.3) is 0 Å². The molecule has 0 saturated carbocycles. The number of amides is 1. The summed E-state index contributed by atoms with van der Waals surface area (Å²) in [5.74, 6) is 0.652. The number of nitriles is 1. The molecular weight excluding hydrogens is 316 g/mol. The van der Waals surface area contributed by atoms with E-state index in [2.05, 4.69) is 11.4 Å². The van der Waals surface area contributed by atoms with Gasteiger partial charge in [0, 0.05) is 12.3 Å². The van der Waals surface area contributed by atoms with Crippen molar-refractivity contribution in [2.45, 2.75) is 32.0 Å². The normalized spacial score (nSPS) is 16.2. The van der Waals surface area contributed by atoms with Crippen molar-refractivity contribution in [3.63, 3.8) is 0 Å². The van der Waals surface area contributed by atoms with E-state index in [0.29, 0.717) is 19.6 Å². The van der Waals surface area contributed by atoms with Crippen molar-refractivity contribution in [1.82, 2.24) is 0 Å². The molecule has 1 unspecified atom stereocenters. The predicted molar refractivity (Wildman–Crippen MR) is 94.1 cm³/mol. The van der Waals surface area contributed by atoms with Crippen molar-refractivity contribution in [3.8, 4) is 11.8 Å². The van der Waals surface area contributed by atoms with Gasteiger partial charge in [0.1, 0.15) is 18.5 Å². The number of hydrogen-bond acceptors (Lipinski definition) is 4. The van der Waals surface area contributed by atoms with Gasteiger partial charge in [0.05, 0.1) is 12.5 Å². The predicted octanol–water partition coefficient (Wildman–Crippen LogP) is 3.45. The number of carbonyl (C=O) groups excluding carboxylic acids is 1. The lowest BCUT2D eigenvalue weighted by Gasteiger charge is -2.12. The van der Waals surface area contributed by atoms with E-state index < -0.39 is 0 Å².